The predicted octanol–water partition coefficient (Wildman–Crippen LogP) is 2.34. The zero-order chi connectivity index (χ0) is 15.6. The Morgan fingerprint density at radius 3 is 2.83 bits per heavy atom. The smallest absolute Gasteiger partial charge is 0.0736 e. The minimum absolute atomic E-state index is 0.375. The van der Waals surface area contributed by atoms with Crippen molar-refractivity contribution >= 4 is 0 Å². The number of pyridine rings is 1. The van der Waals surface area contributed by atoms with Crippen LogP contribution < -0.4 is 0 Å². The SMILES string of the molecule is Cn1cc2c(n1)[C@H](COCC1CC1)CN(Cc1ccncc1)C2. The van der Waals surface area contributed by atoms with E-state index in [1.54, 1.807) is 0 Å². The molecule has 122 valence electrons. The number of fused-ring (bicyclic) bond motifs is 1. The molecule has 0 saturated heterocycles. The van der Waals surface area contributed by atoms with E-state index in [0.717, 1.165) is 38.8 Å². The summed E-state index contributed by atoms with van der Waals surface area (Å²) in [5.74, 6) is 1.19. The summed E-state index contributed by atoms with van der Waals surface area (Å²) < 4.78 is 7.91. The van der Waals surface area contributed by atoms with Gasteiger partial charge in [0, 0.05) is 63.4 Å². The van der Waals surface area contributed by atoms with E-state index >= 15 is 0 Å². The van der Waals surface area contributed by atoms with Gasteiger partial charge in [0.1, 0.15) is 0 Å². The van der Waals surface area contributed by atoms with Crippen molar-refractivity contribution in [2.45, 2.75) is 31.8 Å². The minimum Gasteiger partial charge on any atom is -0.380 e. The van der Waals surface area contributed by atoms with Crippen molar-refractivity contribution in [2.75, 3.05) is 19.8 Å². The maximum Gasteiger partial charge on any atom is 0.0736 e. The maximum atomic E-state index is 5.98. The fourth-order valence-electron chi connectivity index (χ4n) is 3.38. The molecule has 3 heterocycles. The second-order valence-electron chi connectivity index (χ2n) is 6.92. The Hall–Kier alpha value is -1.72. The van der Waals surface area contributed by atoms with Gasteiger partial charge in [-0.3, -0.25) is 14.6 Å². The summed E-state index contributed by atoms with van der Waals surface area (Å²) in [6.07, 6.45) is 8.57. The number of aromatic nitrogens is 3. The van der Waals surface area contributed by atoms with Gasteiger partial charge >= 0.3 is 0 Å². The van der Waals surface area contributed by atoms with E-state index < -0.39 is 0 Å². The number of ether oxygens (including phenoxy) is 1. The molecule has 1 aliphatic carbocycles. The zero-order valence-electron chi connectivity index (χ0n) is 13.7. The Kier molecular flexibility index (Phi) is 4.14. The van der Waals surface area contributed by atoms with E-state index in [9.17, 15) is 0 Å². The summed E-state index contributed by atoms with van der Waals surface area (Å²) in [6, 6.07) is 4.19. The van der Waals surface area contributed by atoms with E-state index in [1.165, 1.54) is 29.7 Å². The highest BCUT2D eigenvalue weighted by molar-refractivity contribution is 5.25. The Labute approximate surface area is 137 Å². The van der Waals surface area contributed by atoms with E-state index in [4.69, 9.17) is 4.74 Å². The van der Waals surface area contributed by atoms with Crippen LogP contribution in [0.25, 0.3) is 0 Å². The quantitative estimate of drug-likeness (QED) is 0.821. The summed E-state index contributed by atoms with van der Waals surface area (Å²) >= 11 is 0. The second-order valence-corrected chi connectivity index (χ2v) is 6.92. The number of rotatable bonds is 6. The van der Waals surface area contributed by atoms with E-state index in [0.29, 0.717) is 5.92 Å². The van der Waals surface area contributed by atoms with Crippen LogP contribution in [0.3, 0.4) is 0 Å². The van der Waals surface area contributed by atoms with Gasteiger partial charge in [-0.25, -0.2) is 0 Å². The van der Waals surface area contributed by atoms with Crippen LogP contribution in [0.4, 0.5) is 0 Å². The van der Waals surface area contributed by atoms with Crippen LogP contribution in [0.15, 0.2) is 30.7 Å². The van der Waals surface area contributed by atoms with Crippen LogP contribution in [0.2, 0.25) is 0 Å². The first-order chi connectivity index (χ1) is 11.3. The highest BCUT2D eigenvalue weighted by atomic mass is 16.5. The maximum absolute atomic E-state index is 5.98. The van der Waals surface area contributed by atoms with Crippen molar-refractivity contribution in [3.63, 3.8) is 0 Å². The minimum atomic E-state index is 0.375. The van der Waals surface area contributed by atoms with E-state index in [-0.39, 0.29) is 0 Å². The lowest BCUT2D eigenvalue weighted by Crippen LogP contribution is -2.35. The van der Waals surface area contributed by atoms with Gasteiger partial charge in [0.2, 0.25) is 0 Å². The molecule has 0 amide bonds. The normalized spacial score (nSPS) is 21.3. The summed E-state index contributed by atoms with van der Waals surface area (Å²) in [4.78, 5) is 6.59. The first-order valence-corrected chi connectivity index (χ1v) is 8.49. The molecule has 5 heteroatoms. The average Bonchev–Trinajstić information content (AvgIpc) is 3.28. The lowest BCUT2D eigenvalue weighted by Gasteiger charge is -2.31. The van der Waals surface area contributed by atoms with Gasteiger partial charge in [-0.1, -0.05) is 0 Å². The molecule has 2 aliphatic rings. The third kappa shape index (κ3) is 3.62. The van der Waals surface area contributed by atoms with Gasteiger partial charge in [-0.2, -0.15) is 5.10 Å². The first-order valence-electron chi connectivity index (χ1n) is 8.49. The van der Waals surface area contributed by atoms with Crippen LogP contribution in [-0.4, -0.2) is 39.4 Å². The monoisotopic (exact) mass is 312 g/mol. The summed E-state index contributed by atoms with van der Waals surface area (Å²) in [5.41, 5.74) is 3.88. The van der Waals surface area contributed by atoms with Crippen molar-refractivity contribution in [3.05, 3.63) is 47.5 Å². The number of nitrogens with zero attached hydrogens (tertiary/aromatic N) is 4. The molecular formula is C18H24N4O. The van der Waals surface area contributed by atoms with E-state index in [2.05, 4.69) is 33.3 Å². The molecule has 1 atom stereocenters. The van der Waals surface area contributed by atoms with Crippen molar-refractivity contribution in [1.82, 2.24) is 19.7 Å². The highest BCUT2D eigenvalue weighted by Crippen LogP contribution is 2.31. The van der Waals surface area contributed by atoms with Gasteiger partial charge in [0.05, 0.1) is 12.3 Å². The molecule has 2 aromatic rings. The molecule has 0 aromatic carbocycles. The van der Waals surface area contributed by atoms with Crippen molar-refractivity contribution < 1.29 is 4.74 Å². The van der Waals surface area contributed by atoms with Crippen LogP contribution in [-0.2, 0) is 24.9 Å². The lowest BCUT2D eigenvalue weighted by molar-refractivity contribution is 0.0881. The zero-order valence-corrected chi connectivity index (χ0v) is 13.7. The molecule has 2 aromatic heterocycles. The Bertz CT molecular complexity index is 650. The molecule has 23 heavy (non-hydrogen) atoms. The van der Waals surface area contributed by atoms with Gasteiger partial charge in [-0.05, 0) is 36.5 Å². The predicted molar refractivity (Wildman–Crippen MR) is 87.8 cm³/mol. The van der Waals surface area contributed by atoms with Gasteiger partial charge < -0.3 is 4.74 Å². The lowest BCUT2D eigenvalue weighted by atomic mass is 9.97. The van der Waals surface area contributed by atoms with E-state index in [1.807, 2.05) is 24.1 Å². The molecular weight excluding hydrogens is 288 g/mol. The molecule has 0 bridgehead atoms. The van der Waals surface area contributed by atoms with Crippen molar-refractivity contribution in [3.8, 4) is 0 Å². The molecule has 1 fully saturated rings. The molecule has 1 aliphatic heterocycles. The summed E-state index contributed by atoms with van der Waals surface area (Å²) in [5, 5.41) is 4.69. The Morgan fingerprint density at radius 2 is 2.04 bits per heavy atom. The number of hydrogen-bond acceptors (Lipinski definition) is 4. The van der Waals surface area contributed by atoms with Crippen LogP contribution in [0, 0.1) is 5.92 Å². The topological polar surface area (TPSA) is 43.2 Å². The van der Waals surface area contributed by atoms with Gasteiger partial charge in [0.25, 0.3) is 0 Å². The first kappa shape index (κ1) is 14.8. The third-order valence-corrected chi connectivity index (χ3v) is 4.72. The van der Waals surface area contributed by atoms with Crippen LogP contribution in [0.5, 0.6) is 0 Å². The van der Waals surface area contributed by atoms with Crippen molar-refractivity contribution in [1.29, 1.82) is 0 Å². The molecule has 5 nitrogen and oxygen atoms in total. The fourth-order valence-corrected chi connectivity index (χ4v) is 3.38. The molecule has 0 radical (unpaired) electrons. The van der Waals surface area contributed by atoms with Crippen LogP contribution in [0.1, 0.15) is 35.6 Å². The molecule has 1 saturated carbocycles. The molecule has 0 N–H and O–H groups in total. The Balaban J connectivity index is 1.45. The average molecular weight is 312 g/mol. The summed E-state index contributed by atoms with van der Waals surface area (Å²) in [7, 11) is 2.01. The summed E-state index contributed by atoms with van der Waals surface area (Å²) in [6.45, 7) is 4.63. The van der Waals surface area contributed by atoms with Crippen molar-refractivity contribution in [2.24, 2.45) is 13.0 Å². The third-order valence-electron chi connectivity index (χ3n) is 4.72. The molecule has 0 spiro atoms. The fraction of sp³-hybridized carbons (Fsp3) is 0.556. The highest BCUT2D eigenvalue weighted by Gasteiger charge is 2.29. The second kappa shape index (κ2) is 6.42. The number of hydrogen-bond donors (Lipinski definition) is 0. The Morgan fingerprint density at radius 1 is 1.22 bits per heavy atom. The number of aryl methyl sites for hydroxylation is 1. The van der Waals surface area contributed by atoms with Gasteiger partial charge in [-0.15, -0.1) is 0 Å². The molecule has 4 rings (SSSR count). The van der Waals surface area contributed by atoms with Gasteiger partial charge in [0.15, 0.2) is 0 Å². The molecule has 0 unspecified atom stereocenters. The standard InChI is InChI=1S/C18H24N4O/c1-21-9-16-10-22(8-14-4-6-19-7-5-14)11-17(18(16)20-21)13-23-12-15-2-3-15/h4-7,9,15,17H,2-3,8,10-13H2,1H3/t17-/m0/s1. The largest absolute Gasteiger partial charge is 0.380 e. The van der Waals surface area contributed by atoms with Crippen LogP contribution >= 0.6 is 0 Å².